The Bertz CT molecular complexity index is 780. The van der Waals surface area contributed by atoms with Gasteiger partial charge in [-0.1, -0.05) is 24.2 Å². The van der Waals surface area contributed by atoms with Crippen LogP contribution in [-0.4, -0.2) is 30.3 Å². The van der Waals surface area contributed by atoms with E-state index >= 15 is 0 Å². The Morgan fingerprint density at radius 1 is 1.28 bits per heavy atom. The minimum Gasteiger partial charge on any atom is -0.390 e. The molecule has 132 valence electrons. The van der Waals surface area contributed by atoms with E-state index in [1.165, 1.54) is 12.1 Å². The standard InChI is InChI=1S/C20H22ClFN2O/c1-3-24(19-8-9-23-12-20(19)25)18-7-6-15(22)11-17(18)16-10-14(21)5-4-13(16)2/h3-7,10-11,19-20,23,25H,1,8-9,12H2,2H3/t19-,20-/m1/s1. The molecule has 5 heteroatoms. The zero-order valence-corrected chi connectivity index (χ0v) is 14.9. The summed E-state index contributed by atoms with van der Waals surface area (Å²) in [5.41, 5.74) is 3.43. The Hall–Kier alpha value is -1.88. The van der Waals surface area contributed by atoms with Gasteiger partial charge in [0.05, 0.1) is 12.1 Å². The summed E-state index contributed by atoms with van der Waals surface area (Å²) in [4.78, 5) is 1.95. The molecule has 0 spiro atoms. The summed E-state index contributed by atoms with van der Waals surface area (Å²) in [6.45, 7) is 7.24. The normalized spacial score (nSPS) is 20.3. The minimum atomic E-state index is -0.523. The molecule has 2 aromatic carbocycles. The largest absolute Gasteiger partial charge is 0.390 e. The first-order valence-corrected chi connectivity index (χ1v) is 8.75. The number of benzene rings is 2. The van der Waals surface area contributed by atoms with E-state index in [4.69, 9.17) is 11.6 Å². The first-order chi connectivity index (χ1) is 12.0. The number of halogens is 2. The fraction of sp³-hybridized carbons (Fsp3) is 0.300. The van der Waals surface area contributed by atoms with E-state index in [9.17, 15) is 9.50 Å². The smallest absolute Gasteiger partial charge is 0.123 e. The van der Waals surface area contributed by atoms with E-state index in [-0.39, 0.29) is 11.9 Å². The number of nitrogens with one attached hydrogen (secondary N) is 1. The van der Waals surface area contributed by atoms with Crippen molar-refractivity contribution in [2.24, 2.45) is 0 Å². The average Bonchev–Trinajstić information content (AvgIpc) is 2.60. The van der Waals surface area contributed by atoms with Crippen molar-refractivity contribution < 1.29 is 9.50 Å². The predicted molar refractivity (Wildman–Crippen MR) is 102 cm³/mol. The van der Waals surface area contributed by atoms with Crippen LogP contribution >= 0.6 is 11.6 Å². The Morgan fingerprint density at radius 3 is 2.80 bits per heavy atom. The molecular formula is C20H22ClFN2O. The predicted octanol–water partition coefficient (Wildman–Crippen LogP) is 4.13. The van der Waals surface area contributed by atoms with E-state index in [0.717, 1.165) is 35.3 Å². The number of hydrogen-bond donors (Lipinski definition) is 2. The van der Waals surface area contributed by atoms with Gasteiger partial charge in [0.2, 0.25) is 0 Å². The molecule has 1 heterocycles. The molecule has 0 aromatic heterocycles. The fourth-order valence-corrected chi connectivity index (χ4v) is 3.57. The van der Waals surface area contributed by atoms with Crippen molar-refractivity contribution in [2.45, 2.75) is 25.5 Å². The second-order valence-electron chi connectivity index (χ2n) is 6.34. The maximum absolute atomic E-state index is 14.0. The summed E-state index contributed by atoms with van der Waals surface area (Å²) < 4.78 is 14.0. The van der Waals surface area contributed by atoms with Crippen molar-refractivity contribution in [3.63, 3.8) is 0 Å². The maximum Gasteiger partial charge on any atom is 0.123 e. The molecular weight excluding hydrogens is 339 g/mol. The Labute approximate surface area is 152 Å². The molecule has 0 unspecified atom stereocenters. The topological polar surface area (TPSA) is 35.5 Å². The molecule has 1 aliphatic heterocycles. The Kier molecular flexibility index (Phi) is 5.42. The van der Waals surface area contributed by atoms with E-state index in [0.29, 0.717) is 11.6 Å². The molecule has 0 amide bonds. The Morgan fingerprint density at radius 2 is 2.08 bits per heavy atom. The highest BCUT2D eigenvalue weighted by atomic mass is 35.5. The highest BCUT2D eigenvalue weighted by Gasteiger charge is 2.29. The molecule has 1 aliphatic rings. The van der Waals surface area contributed by atoms with Crippen molar-refractivity contribution in [2.75, 3.05) is 18.0 Å². The van der Waals surface area contributed by atoms with Crippen LogP contribution in [0.4, 0.5) is 10.1 Å². The van der Waals surface area contributed by atoms with Gasteiger partial charge in [0.1, 0.15) is 5.82 Å². The molecule has 3 nitrogen and oxygen atoms in total. The number of aryl methyl sites for hydroxylation is 1. The lowest BCUT2D eigenvalue weighted by molar-refractivity contribution is 0.120. The molecule has 2 atom stereocenters. The number of aliphatic hydroxyl groups is 1. The number of β-amino-alcohol motifs (C(OH)–C–C–N with tert-alkyl or cyclic N) is 1. The first kappa shape index (κ1) is 17.9. The molecule has 0 radical (unpaired) electrons. The van der Waals surface area contributed by atoms with Crippen molar-refractivity contribution >= 4 is 17.3 Å². The molecule has 2 aromatic rings. The molecule has 3 rings (SSSR count). The van der Waals surface area contributed by atoms with Crippen molar-refractivity contribution in [3.05, 3.63) is 65.6 Å². The Balaban J connectivity index is 2.12. The average molecular weight is 361 g/mol. The fourth-order valence-electron chi connectivity index (χ4n) is 3.40. The van der Waals surface area contributed by atoms with Gasteiger partial charge >= 0.3 is 0 Å². The molecule has 1 saturated heterocycles. The lowest BCUT2D eigenvalue weighted by atomic mass is 9.95. The van der Waals surface area contributed by atoms with Gasteiger partial charge in [-0.3, -0.25) is 0 Å². The van der Waals surface area contributed by atoms with Crippen LogP contribution in [-0.2, 0) is 0 Å². The number of nitrogens with zero attached hydrogens (tertiary/aromatic N) is 1. The van der Waals surface area contributed by atoms with Crippen LogP contribution in [0.3, 0.4) is 0 Å². The van der Waals surface area contributed by atoms with Crippen LogP contribution in [0.1, 0.15) is 12.0 Å². The quantitative estimate of drug-likeness (QED) is 0.860. The van der Waals surface area contributed by atoms with Crippen LogP contribution in [0.2, 0.25) is 5.02 Å². The molecule has 25 heavy (non-hydrogen) atoms. The summed E-state index contributed by atoms with van der Waals surface area (Å²) in [6.07, 6.45) is 1.96. The summed E-state index contributed by atoms with van der Waals surface area (Å²) in [5.74, 6) is -0.312. The van der Waals surface area contributed by atoms with E-state index < -0.39 is 6.10 Å². The second-order valence-corrected chi connectivity index (χ2v) is 6.77. The summed E-state index contributed by atoms with van der Waals surface area (Å²) >= 11 is 6.17. The van der Waals surface area contributed by atoms with Crippen molar-refractivity contribution in [3.8, 4) is 11.1 Å². The van der Waals surface area contributed by atoms with Gasteiger partial charge < -0.3 is 15.3 Å². The number of aliphatic hydroxyl groups excluding tert-OH is 1. The van der Waals surface area contributed by atoms with Crippen LogP contribution in [0, 0.1) is 12.7 Å². The van der Waals surface area contributed by atoms with Gasteiger partial charge in [-0.2, -0.15) is 0 Å². The molecule has 0 aliphatic carbocycles. The monoisotopic (exact) mass is 360 g/mol. The molecule has 1 fully saturated rings. The highest BCUT2D eigenvalue weighted by molar-refractivity contribution is 6.30. The minimum absolute atomic E-state index is 0.109. The third-order valence-electron chi connectivity index (χ3n) is 4.70. The van der Waals surface area contributed by atoms with Gasteiger partial charge in [0, 0.05) is 22.8 Å². The maximum atomic E-state index is 14.0. The zero-order valence-electron chi connectivity index (χ0n) is 14.2. The number of anilines is 1. The number of hydrogen-bond acceptors (Lipinski definition) is 3. The van der Waals surface area contributed by atoms with Crippen molar-refractivity contribution in [1.82, 2.24) is 5.32 Å². The van der Waals surface area contributed by atoms with Gasteiger partial charge in [0.25, 0.3) is 0 Å². The van der Waals surface area contributed by atoms with Crippen LogP contribution in [0.25, 0.3) is 11.1 Å². The van der Waals surface area contributed by atoms with Gasteiger partial charge in [0.15, 0.2) is 0 Å². The van der Waals surface area contributed by atoms with Gasteiger partial charge in [-0.25, -0.2) is 4.39 Å². The number of piperidine rings is 1. The van der Waals surface area contributed by atoms with Gasteiger partial charge in [-0.15, -0.1) is 0 Å². The van der Waals surface area contributed by atoms with Gasteiger partial charge in [-0.05, 0) is 67.5 Å². The van der Waals surface area contributed by atoms with E-state index in [2.05, 4.69) is 11.9 Å². The first-order valence-electron chi connectivity index (χ1n) is 8.37. The van der Waals surface area contributed by atoms with E-state index in [1.807, 2.05) is 30.0 Å². The summed E-state index contributed by atoms with van der Waals surface area (Å²) in [5, 5.41) is 14.2. The van der Waals surface area contributed by atoms with E-state index in [1.54, 1.807) is 12.3 Å². The summed E-state index contributed by atoms with van der Waals surface area (Å²) in [6, 6.07) is 10.2. The summed E-state index contributed by atoms with van der Waals surface area (Å²) in [7, 11) is 0. The zero-order chi connectivity index (χ0) is 18.0. The lowest BCUT2D eigenvalue weighted by Gasteiger charge is -2.38. The molecule has 2 N–H and O–H groups in total. The molecule has 0 saturated carbocycles. The van der Waals surface area contributed by atoms with Crippen LogP contribution in [0.15, 0.2) is 49.2 Å². The lowest BCUT2D eigenvalue weighted by Crippen LogP contribution is -2.51. The van der Waals surface area contributed by atoms with Crippen molar-refractivity contribution in [1.29, 1.82) is 0 Å². The molecule has 0 bridgehead atoms. The highest BCUT2D eigenvalue weighted by Crippen LogP contribution is 2.37. The van der Waals surface area contributed by atoms with Crippen LogP contribution < -0.4 is 10.2 Å². The second kappa shape index (κ2) is 7.56. The number of rotatable bonds is 4. The SMILES string of the molecule is C=CN(c1ccc(F)cc1-c1cc(Cl)ccc1C)[C@@H]1CCNC[C@H]1O. The van der Waals surface area contributed by atoms with Crippen LogP contribution in [0.5, 0.6) is 0 Å². The third-order valence-corrected chi connectivity index (χ3v) is 4.93. The third kappa shape index (κ3) is 3.71.